The van der Waals surface area contributed by atoms with E-state index in [0.717, 1.165) is 24.1 Å². The second kappa shape index (κ2) is 7.52. The maximum atomic E-state index is 12.8. The summed E-state index contributed by atoms with van der Waals surface area (Å²) < 4.78 is 25.2. The van der Waals surface area contributed by atoms with E-state index in [1.54, 1.807) is 6.07 Å². The predicted octanol–water partition coefficient (Wildman–Crippen LogP) is 2.85. The van der Waals surface area contributed by atoms with Gasteiger partial charge in [-0.1, -0.05) is 18.2 Å². The zero-order chi connectivity index (χ0) is 19.0. The van der Waals surface area contributed by atoms with Crippen LogP contribution < -0.4 is 4.90 Å². The van der Waals surface area contributed by atoms with E-state index in [1.165, 1.54) is 0 Å². The molecule has 8 heteroatoms. The van der Waals surface area contributed by atoms with Crippen molar-refractivity contribution in [1.82, 2.24) is 15.0 Å². The predicted molar refractivity (Wildman–Crippen MR) is 109 cm³/mol. The van der Waals surface area contributed by atoms with E-state index in [0.29, 0.717) is 38.8 Å². The highest BCUT2D eigenvalue weighted by molar-refractivity contribution is 7.85. The fourth-order valence-corrected chi connectivity index (χ4v) is 5.37. The van der Waals surface area contributed by atoms with Crippen molar-refractivity contribution in [3.05, 3.63) is 42.0 Å². The van der Waals surface area contributed by atoms with Crippen LogP contribution in [0.5, 0.6) is 0 Å². The number of pyridine rings is 1. The number of aromatic amines is 1. The summed E-state index contributed by atoms with van der Waals surface area (Å²) in [5, 5.41) is 0.951. The summed E-state index contributed by atoms with van der Waals surface area (Å²) >= 11 is 0. The van der Waals surface area contributed by atoms with Crippen molar-refractivity contribution in [1.29, 1.82) is 0 Å². The zero-order valence-electron chi connectivity index (χ0n) is 15.3. The Hall–Kier alpha value is -2.06. The molecule has 2 heterocycles. The van der Waals surface area contributed by atoms with E-state index in [1.807, 2.05) is 49.3 Å². The van der Waals surface area contributed by atoms with Gasteiger partial charge in [0.1, 0.15) is 5.03 Å². The molecular weight excluding hydrogens is 380 g/mol. The molecule has 27 heavy (non-hydrogen) atoms. The highest BCUT2D eigenvalue weighted by atomic mass is 32.2. The number of hydrogen-bond donors (Lipinski definition) is 1. The Labute approximate surface area is 163 Å². The molecular formula is C19H22N4O2S2. The number of fused-ring (bicyclic) bond motifs is 1. The Morgan fingerprint density at radius 2 is 1.85 bits per heavy atom. The molecule has 1 saturated carbocycles. The van der Waals surface area contributed by atoms with Crippen LogP contribution >= 0.6 is 0 Å². The number of nitrogens with zero attached hydrogens (tertiary/aromatic N) is 3. The average Bonchev–Trinajstić information content (AvgIpc) is 3.36. The smallest absolute Gasteiger partial charge is 0.199 e. The van der Waals surface area contributed by atoms with Crippen molar-refractivity contribution < 1.29 is 8.42 Å². The summed E-state index contributed by atoms with van der Waals surface area (Å²) in [6.07, 6.45) is 2.32. The lowest BCUT2D eigenvalue weighted by atomic mass is 10.2. The number of imidazole rings is 1. The van der Waals surface area contributed by atoms with E-state index in [4.69, 9.17) is 0 Å². The number of nitrogens with one attached hydrogen (secondary N) is 1. The SMILES string of the molecule is CN(C)c1ccccc1CS(=O)c1nc2nc(S(=O)CC3CC3)ccc2[nH]1. The highest BCUT2D eigenvalue weighted by Crippen LogP contribution is 2.31. The maximum Gasteiger partial charge on any atom is 0.199 e. The maximum absolute atomic E-state index is 12.8. The van der Waals surface area contributed by atoms with Crippen LogP contribution in [0, 0.1) is 5.92 Å². The minimum atomic E-state index is -1.32. The van der Waals surface area contributed by atoms with Crippen molar-refractivity contribution in [3.8, 4) is 0 Å². The molecule has 0 radical (unpaired) electrons. The van der Waals surface area contributed by atoms with Gasteiger partial charge < -0.3 is 9.88 Å². The van der Waals surface area contributed by atoms with Crippen LogP contribution in [-0.4, -0.2) is 43.2 Å². The number of para-hydroxylation sites is 1. The third kappa shape index (κ3) is 4.11. The molecule has 3 aromatic rings. The number of anilines is 1. The molecule has 0 aliphatic heterocycles. The third-order valence-corrected chi connectivity index (χ3v) is 7.26. The molecule has 6 nitrogen and oxygen atoms in total. The van der Waals surface area contributed by atoms with Crippen molar-refractivity contribution in [2.75, 3.05) is 24.7 Å². The Balaban J connectivity index is 1.56. The summed E-state index contributed by atoms with van der Waals surface area (Å²) in [6.45, 7) is 0. The second-order valence-corrected chi connectivity index (χ2v) is 9.84. The van der Waals surface area contributed by atoms with Crippen LogP contribution in [-0.2, 0) is 27.4 Å². The van der Waals surface area contributed by atoms with Gasteiger partial charge in [-0.15, -0.1) is 0 Å². The average molecular weight is 403 g/mol. The highest BCUT2D eigenvalue weighted by Gasteiger charge is 2.25. The molecule has 1 aromatic carbocycles. The van der Waals surface area contributed by atoms with E-state index in [-0.39, 0.29) is 0 Å². The number of aromatic nitrogens is 3. The van der Waals surface area contributed by atoms with Crippen molar-refractivity contribution in [2.24, 2.45) is 5.92 Å². The second-order valence-electron chi connectivity index (χ2n) is 7.03. The summed E-state index contributed by atoms with van der Waals surface area (Å²) in [5.41, 5.74) is 3.23. The van der Waals surface area contributed by atoms with Crippen LogP contribution in [0.1, 0.15) is 18.4 Å². The molecule has 0 amide bonds. The van der Waals surface area contributed by atoms with Gasteiger partial charge in [0, 0.05) is 25.5 Å². The standard InChI is InChI=1S/C19H22N4O2S2/c1-23(2)16-6-4-3-5-14(16)12-27(25)19-20-15-9-10-17(21-18(15)22-19)26(24)11-13-7-8-13/h3-6,9-10,13H,7-8,11-12H2,1-2H3,(H,20,21,22). The molecule has 0 spiro atoms. The Morgan fingerprint density at radius 1 is 1.07 bits per heavy atom. The molecule has 0 bridgehead atoms. The fraction of sp³-hybridized carbons (Fsp3) is 0.368. The van der Waals surface area contributed by atoms with Crippen LogP contribution in [0.3, 0.4) is 0 Å². The summed E-state index contributed by atoms with van der Waals surface area (Å²) in [7, 11) is 1.52. The normalized spacial score (nSPS) is 16.4. The first-order chi connectivity index (χ1) is 13.0. The van der Waals surface area contributed by atoms with E-state index in [9.17, 15) is 8.42 Å². The molecule has 1 fully saturated rings. The molecule has 4 rings (SSSR count). The van der Waals surface area contributed by atoms with Gasteiger partial charge in [-0.2, -0.15) is 0 Å². The van der Waals surface area contributed by atoms with E-state index >= 15 is 0 Å². The van der Waals surface area contributed by atoms with E-state index < -0.39 is 21.6 Å². The lowest BCUT2D eigenvalue weighted by Gasteiger charge is -2.16. The fourth-order valence-electron chi connectivity index (χ4n) is 2.95. The minimum Gasteiger partial charge on any atom is -0.377 e. The van der Waals surface area contributed by atoms with Gasteiger partial charge in [0.2, 0.25) is 0 Å². The van der Waals surface area contributed by atoms with Crippen LogP contribution in [0.2, 0.25) is 0 Å². The molecule has 2 aromatic heterocycles. The van der Waals surface area contributed by atoms with Crippen LogP contribution in [0.4, 0.5) is 5.69 Å². The van der Waals surface area contributed by atoms with Gasteiger partial charge >= 0.3 is 0 Å². The summed E-state index contributed by atoms with van der Waals surface area (Å²) in [5.74, 6) is 1.61. The Kier molecular flexibility index (Phi) is 5.10. The first-order valence-electron chi connectivity index (χ1n) is 8.90. The van der Waals surface area contributed by atoms with Crippen molar-refractivity contribution in [3.63, 3.8) is 0 Å². The molecule has 2 unspecified atom stereocenters. The first kappa shape index (κ1) is 18.3. The number of rotatable bonds is 7. The van der Waals surface area contributed by atoms with Crippen molar-refractivity contribution >= 4 is 38.5 Å². The minimum absolute atomic E-state index is 0.370. The molecule has 1 aliphatic rings. The lowest BCUT2D eigenvalue weighted by Crippen LogP contribution is -2.12. The Bertz CT molecular complexity index is 1030. The molecule has 2 atom stereocenters. The van der Waals surface area contributed by atoms with Gasteiger partial charge in [0.05, 0.1) is 32.9 Å². The summed E-state index contributed by atoms with van der Waals surface area (Å²) in [6, 6.07) is 11.5. The molecule has 1 N–H and O–H groups in total. The number of benzene rings is 1. The van der Waals surface area contributed by atoms with Gasteiger partial charge in [0.15, 0.2) is 10.8 Å². The van der Waals surface area contributed by atoms with Gasteiger partial charge in [-0.25, -0.2) is 9.97 Å². The van der Waals surface area contributed by atoms with Crippen LogP contribution in [0.15, 0.2) is 46.6 Å². The largest absolute Gasteiger partial charge is 0.377 e. The van der Waals surface area contributed by atoms with Gasteiger partial charge in [-0.3, -0.25) is 8.42 Å². The number of H-pyrrole nitrogens is 1. The summed E-state index contributed by atoms with van der Waals surface area (Å²) in [4.78, 5) is 13.9. The lowest BCUT2D eigenvalue weighted by molar-refractivity contribution is 0.677. The first-order valence-corrected chi connectivity index (χ1v) is 11.5. The number of hydrogen-bond acceptors (Lipinski definition) is 5. The van der Waals surface area contributed by atoms with Gasteiger partial charge in [0.25, 0.3) is 0 Å². The quantitative estimate of drug-likeness (QED) is 0.657. The monoisotopic (exact) mass is 402 g/mol. The zero-order valence-corrected chi connectivity index (χ0v) is 17.0. The molecule has 0 saturated heterocycles. The molecule has 1 aliphatic carbocycles. The Morgan fingerprint density at radius 3 is 2.59 bits per heavy atom. The topological polar surface area (TPSA) is 79.0 Å². The van der Waals surface area contributed by atoms with Crippen LogP contribution in [0.25, 0.3) is 11.2 Å². The van der Waals surface area contributed by atoms with E-state index in [2.05, 4.69) is 15.0 Å². The third-order valence-electron chi connectivity index (χ3n) is 4.59. The van der Waals surface area contributed by atoms with Crippen molar-refractivity contribution in [2.45, 2.75) is 28.8 Å². The molecule has 142 valence electrons. The van der Waals surface area contributed by atoms with Gasteiger partial charge in [-0.05, 0) is 42.5 Å².